The van der Waals surface area contributed by atoms with E-state index in [1.54, 1.807) is 0 Å². The van der Waals surface area contributed by atoms with Crippen molar-refractivity contribution in [3.8, 4) is 5.75 Å². The summed E-state index contributed by atoms with van der Waals surface area (Å²) in [6.07, 6.45) is 1.62. The van der Waals surface area contributed by atoms with E-state index in [-0.39, 0.29) is 17.4 Å². The number of fused-ring (bicyclic) bond motifs is 1. The van der Waals surface area contributed by atoms with E-state index in [1.165, 1.54) is 5.56 Å². The Morgan fingerprint density at radius 3 is 2.08 bits per heavy atom. The van der Waals surface area contributed by atoms with E-state index in [0.29, 0.717) is 25.2 Å². The van der Waals surface area contributed by atoms with Crippen LogP contribution in [0.3, 0.4) is 0 Å². The molecule has 36 heavy (non-hydrogen) atoms. The molecule has 0 aromatic heterocycles. The fourth-order valence-corrected chi connectivity index (χ4v) is 3.77. The normalized spacial score (nSPS) is 14.3. The minimum absolute atomic E-state index is 0.163. The van der Waals surface area contributed by atoms with Gasteiger partial charge in [0.2, 0.25) is 0 Å². The van der Waals surface area contributed by atoms with Gasteiger partial charge in [0, 0.05) is 0 Å². The average Bonchev–Trinajstić information content (AvgIpc) is 2.79. The van der Waals surface area contributed by atoms with Crippen molar-refractivity contribution in [1.29, 1.82) is 0 Å². The number of aromatic hydroxyl groups is 1. The van der Waals surface area contributed by atoms with Crippen LogP contribution in [-0.4, -0.2) is 43.7 Å². The van der Waals surface area contributed by atoms with Crippen LogP contribution in [0.4, 0.5) is 17.1 Å². The zero-order chi connectivity index (χ0) is 27.2. The van der Waals surface area contributed by atoms with Crippen molar-refractivity contribution in [1.82, 2.24) is 0 Å². The zero-order valence-electron chi connectivity index (χ0n) is 20.2. The number of ether oxygens (including phenoxy) is 1. The minimum Gasteiger partial charge on any atom is -0.497 e. The summed E-state index contributed by atoms with van der Waals surface area (Å²) in [6.45, 7) is 8.48. The number of benzene rings is 2. The molecule has 2 aromatic rings. The summed E-state index contributed by atoms with van der Waals surface area (Å²) in [5.74, 6) is -1.64. The molecule has 2 aromatic carbocycles. The number of hydrogen-bond acceptors (Lipinski definition) is 10. The summed E-state index contributed by atoms with van der Waals surface area (Å²) < 4.78 is 5.21. The van der Waals surface area contributed by atoms with E-state index < -0.39 is 37.6 Å². The Labute approximate surface area is 205 Å². The third-order valence-electron chi connectivity index (χ3n) is 5.31. The maximum atomic E-state index is 12.2. The van der Waals surface area contributed by atoms with Gasteiger partial charge in [0.1, 0.15) is 0 Å². The van der Waals surface area contributed by atoms with Crippen LogP contribution in [0.2, 0.25) is 0 Å². The largest absolute Gasteiger partial charge is 0.497 e. The molecular weight excluding hydrogens is 476 g/mol. The predicted octanol–water partition coefficient (Wildman–Crippen LogP) is 4.52. The molecule has 1 N–H and O–H groups in total. The number of rotatable bonds is 7. The monoisotopic (exact) mass is 502 g/mol. The lowest BCUT2D eigenvalue weighted by atomic mass is 9.82. The highest BCUT2D eigenvalue weighted by molar-refractivity contribution is 6.13. The molecule has 192 valence electrons. The molecule has 0 saturated carbocycles. The molecule has 13 nitrogen and oxygen atoms in total. The summed E-state index contributed by atoms with van der Waals surface area (Å²) in [5, 5.41) is 40.2. The van der Waals surface area contributed by atoms with Crippen LogP contribution in [0.25, 0.3) is 0 Å². The molecule has 0 aliphatic carbocycles. The van der Waals surface area contributed by atoms with E-state index in [9.17, 15) is 35.1 Å². The Morgan fingerprint density at radius 1 is 1.06 bits per heavy atom. The number of esters is 1. The summed E-state index contributed by atoms with van der Waals surface area (Å²) in [4.78, 5) is 44.8. The van der Waals surface area contributed by atoms with Crippen molar-refractivity contribution in [3.63, 3.8) is 0 Å². The predicted molar refractivity (Wildman–Crippen MR) is 129 cm³/mol. The quantitative estimate of drug-likeness (QED) is 0.322. The van der Waals surface area contributed by atoms with Gasteiger partial charge in [-0.3, -0.25) is 40.1 Å². The maximum absolute atomic E-state index is 12.2. The number of non-ortho nitro benzene ring substituents is 1. The van der Waals surface area contributed by atoms with Gasteiger partial charge in [0.25, 0.3) is 11.4 Å². The Morgan fingerprint density at radius 2 is 1.61 bits per heavy atom. The van der Waals surface area contributed by atoms with E-state index in [0.717, 1.165) is 17.7 Å². The topological polar surface area (TPSA) is 188 Å². The second-order valence-corrected chi connectivity index (χ2v) is 8.46. The molecule has 0 saturated heterocycles. The Hall–Kier alpha value is -4.42. The van der Waals surface area contributed by atoms with Crippen LogP contribution in [0.15, 0.2) is 41.4 Å². The molecule has 1 aliphatic rings. The van der Waals surface area contributed by atoms with Crippen molar-refractivity contribution in [2.24, 2.45) is 10.9 Å². The number of phenols is 1. The van der Waals surface area contributed by atoms with Gasteiger partial charge in [-0.1, -0.05) is 31.2 Å². The number of phenolic OH excluding ortho intramolecular Hbond substituents is 1. The van der Waals surface area contributed by atoms with Gasteiger partial charge < -0.3 is 9.84 Å². The van der Waals surface area contributed by atoms with Gasteiger partial charge in [-0.25, -0.2) is 0 Å². The first kappa shape index (κ1) is 27.8. The molecule has 0 fully saturated rings. The number of carbonyl (C=O) groups is 1. The van der Waals surface area contributed by atoms with Crippen molar-refractivity contribution in [3.05, 3.63) is 77.9 Å². The molecule has 1 heterocycles. The van der Waals surface area contributed by atoms with Crippen molar-refractivity contribution < 1.29 is 29.4 Å². The molecule has 13 heteroatoms. The van der Waals surface area contributed by atoms with Crippen LogP contribution >= 0.6 is 0 Å². The number of hydrogen-bond donors (Lipinski definition) is 1. The third-order valence-corrected chi connectivity index (χ3v) is 5.31. The molecule has 1 unspecified atom stereocenters. The second-order valence-electron chi connectivity index (χ2n) is 8.46. The Bertz CT molecular complexity index is 1190. The van der Waals surface area contributed by atoms with Crippen molar-refractivity contribution in [2.75, 3.05) is 6.61 Å². The molecule has 1 atom stereocenters. The second kappa shape index (κ2) is 11.3. The molecular formula is C23H26N4O9. The highest BCUT2D eigenvalue weighted by atomic mass is 16.6. The highest BCUT2D eigenvalue weighted by Crippen LogP contribution is 2.39. The first-order valence-electron chi connectivity index (χ1n) is 11.0. The summed E-state index contributed by atoms with van der Waals surface area (Å²) in [6, 6.07) is 9.13. The first-order valence-corrected chi connectivity index (χ1v) is 11.0. The number of nitro groups is 3. The molecule has 0 amide bonds. The summed E-state index contributed by atoms with van der Waals surface area (Å²) in [7, 11) is 0. The Balaban J connectivity index is 0.000000261. The number of nitro benzene ring substituents is 3. The van der Waals surface area contributed by atoms with Crippen LogP contribution in [0.1, 0.15) is 45.2 Å². The van der Waals surface area contributed by atoms with Crippen LogP contribution in [0, 0.1) is 36.3 Å². The van der Waals surface area contributed by atoms with Gasteiger partial charge in [0.05, 0.1) is 50.7 Å². The minimum atomic E-state index is -1.21. The van der Waals surface area contributed by atoms with Crippen LogP contribution < -0.4 is 0 Å². The number of aliphatic imine (C=N–C) groups is 1. The van der Waals surface area contributed by atoms with Gasteiger partial charge in [-0.15, -0.1) is 0 Å². The standard InChI is InChI=1S/C17H23NO2.C6H3N3O7/c1-5-13(16(19)20-6-2)15-14-10-8-7-9-12(14)11-17(3,4)18-15;10-6-4(8(13)14)1-3(7(11)12)2-5(6)9(15)16/h7-10,13H,5-6,11H2,1-4H3;1-2,10H. The van der Waals surface area contributed by atoms with E-state index in [1.807, 2.05) is 26.0 Å². The lowest BCUT2D eigenvalue weighted by Crippen LogP contribution is -2.35. The molecule has 0 bridgehead atoms. The lowest BCUT2D eigenvalue weighted by molar-refractivity contribution is -0.404. The summed E-state index contributed by atoms with van der Waals surface area (Å²) in [5.41, 5.74) is 0.0941. The summed E-state index contributed by atoms with van der Waals surface area (Å²) >= 11 is 0. The highest BCUT2D eigenvalue weighted by Gasteiger charge is 2.33. The van der Waals surface area contributed by atoms with E-state index in [2.05, 4.69) is 26.0 Å². The molecule has 3 rings (SSSR count). The van der Waals surface area contributed by atoms with E-state index >= 15 is 0 Å². The first-order chi connectivity index (χ1) is 16.8. The van der Waals surface area contributed by atoms with Crippen molar-refractivity contribution in [2.45, 2.75) is 46.1 Å². The fraction of sp³-hybridized carbons (Fsp3) is 0.391. The van der Waals surface area contributed by atoms with Crippen molar-refractivity contribution >= 4 is 28.7 Å². The SMILES string of the molecule is CCOC(=O)C(CC)C1=NC(C)(C)Cc2ccccc21.O=[N+]([O-])c1cc([N+](=O)[O-])c(O)c([N+](=O)[O-])c1. The zero-order valence-corrected chi connectivity index (χ0v) is 20.2. The fourth-order valence-electron chi connectivity index (χ4n) is 3.77. The van der Waals surface area contributed by atoms with Crippen LogP contribution in [0.5, 0.6) is 5.75 Å². The lowest BCUT2D eigenvalue weighted by Gasteiger charge is -2.31. The Kier molecular flexibility index (Phi) is 8.76. The van der Waals surface area contributed by atoms with E-state index in [4.69, 9.17) is 14.8 Å². The molecule has 0 spiro atoms. The third kappa shape index (κ3) is 6.37. The van der Waals surface area contributed by atoms with Gasteiger partial charge in [-0.05, 0) is 44.7 Å². The van der Waals surface area contributed by atoms with Gasteiger partial charge in [-0.2, -0.15) is 0 Å². The van der Waals surface area contributed by atoms with Gasteiger partial charge >= 0.3 is 17.3 Å². The van der Waals surface area contributed by atoms with Gasteiger partial charge in [0.15, 0.2) is 0 Å². The van der Waals surface area contributed by atoms with Crippen LogP contribution in [-0.2, 0) is 16.0 Å². The smallest absolute Gasteiger partial charge is 0.324 e. The maximum Gasteiger partial charge on any atom is 0.324 e. The number of carbonyl (C=O) groups excluding carboxylic acids is 1. The molecule has 0 radical (unpaired) electrons. The number of nitrogens with zero attached hydrogens (tertiary/aromatic N) is 4. The molecule has 1 aliphatic heterocycles. The average molecular weight is 502 g/mol.